The van der Waals surface area contributed by atoms with Crippen molar-refractivity contribution in [1.29, 1.82) is 0 Å². The quantitative estimate of drug-likeness (QED) is 0.721. The second-order valence-corrected chi connectivity index (χ2v) is 7.42. The van der Waals surface area contributed by atoms with Gasteiger partial charge < -0.3 is 8.94 Å². The number of sulfonamides is 1. The van der Waals surface area contributed by atoms with Crippen molar-refractivity contribution in [3.05, 3.63) is 40.5 Å². The number of oxazole rings is 1. The van der Waals surface area contributed by atoms with Gasteiger partial charge in [0, 0.05) is 19.0 Å². The van der Waals surface area contributed by atoms with Gasteiger partial charge in [-0.25, -0.2) is 17.9 Å². The van der Waals surface area contributed by atoms with Crippen molar-refractivity contribution in [2.45, 2.75) is 37.2 Å². The maximum atomic E-state index is 12.2. The molecule has 4 rings (SSSR count). The highest BCUT2D eigenvalue weighted by atomic mass is 32.2. The summed E-state index contributed by atoms with van der Waals surface area (Å²) in [6.45, 7) is 1.73. The van der Waals surface area contributed by atoms with E-state index in [9.17, 15) is 13.2 Å². The fourth-order valence-electron chi connectivity index (χ4n) is 2.40. The lowest BCUT2D eigenvalue weighted by Crippen LogP contribution is -2.25. The van der Waals surface area contributed by atoms with E-state index in [1.54, 1.807) is 6.92 Å². The molecule has 0 bridgehead atoms. The Morgan fingerprint density at radius 1 is 1.38 bits per heavy atom. The smallest absolute Gasteiger partial charge is 0.408 e. The van der Waals surface area contributed by atoms with Crippen LogP contribution in [0.15, 0.2) is 36.8 Å². The highest BCUT2D eigenvalue weighted by molar-refractivity contribution is 7.89. The van der Waals surface area contributed by atoms with Crippen molar-refractivity contribution in [2.75, 3.05) is 0 Å². The zero-order valence-corrected chi connectivity index (χ0v) is 13.5. The summed E-state index contributed by atoms with van der Waals surface area (Å²) < 4.78 is 38.4. The predicted octanol–water partition coefficient (Wildman–Crippen LogP) is 0.775. The lowest BCUT2D eigenvalue weighted by molar-refractivity contribution is 0.385. The minimum Gasteiger partial charge on any atom is -0.408 e. The Hall–Kier alpha value is -2.46. The number of nitrogens with zero attached hydrogens (tertiary/aromatic N) is 3. The van der Waals surface area contributed by atoms with Gasteiger partial charge in [0.2, 0.25) is 15.9 Å². The van der Waals surface area contributed by atoms with E-state index < -0.39 is 15.8 Å². The number of benzene rings is 1. The summed E-state index contributed by atoms with van der Waals surface area (Å²) in [4.78, 5) is 16.2. The van der Waals surface area contributed by atoms with Gasteiger partial charge in [0.15, 0.2) is 11.4 Å². The normalized spacial score (nSPS) is 15.2. The molecule has 0 aliphatic heterocycles. The van der Waals surface area contributed by atoms with E-state index >= 15 is 0 Å². The molecule has 9 nitrogen and oxygen atoms in total. The van der Waals surface area contributed by atoms with Gasteiger partial charge in [0.1, 0.15) is 0 Å². The molecule has 10 heteroatoms. The first-order valence-electron chi connectivity index (χ1n) is 7.37. The lowest BCUT2D eigenvalue weighted by Gasteiger charge is -2.05. The molecule has 0 radical (unpaired) electrons. The van der Waals surface area contributed by atoms with Gasteiger partial charge >= 0.3 is 5.76 Å². The number of rotatable bonds is 5. The summed E-state index contributed by atoms with van der Waals surface area (Å²) in [5, 5.41) is 3.74. The van der Waals surface area contributed by atoms with Crippen molar-refractivity contribution in [2.24, 2.45) is 0 Å². The standard InChI is InChI=1S/C14H14N4O5S/c1-8-15-13(16-23-8)7-18-11-5-4-10(6-12(11)22-14(18)19)24(20,21)17-9-2-3-9/h4-6,9,17H,2-3,7H2,1H3. The monoisotopic (exact) mass is 350 g/mol. The number of nitrogens with one attached hydrogen (secondary N) is 1. The number of hydrogen-bond acceptors (Lipinski definition) is 7. The van der Waals surface area contributed by atoms with Gasteiger partial charge in [-0.05, 0) is 25.0 Å². The molecular formula is C14H14N4O5S. The second-order valence-electron chi connectivity index (χ2n) is 5.71. The number of aryl methyl sites for hydroxylation is 1. The van der Waals surface area contributed by atoms with Crippen LogP contribution in [0, 0.1) is 6.92 Å². The average molecular weight is 350 g/mol. The molecule has 2 aromatic heterocycles. The number of hydrogen-bond donors (Lipinski definition) is 1. The summed E-state index contributed by atoms with van der Waals surface area (Å²) >= 11 is 0. The van der Waals surface area contributed by atoms with Gasteiger partial charge in [0.25, 0.3) is 0 Å². The molecule has 1 saturated carbocycles. The molecular weight excluding hydrogens is 336 g/mol. The molecule has 1 aliphatic carbocycles. The Kier molecular flexibility index (Phi) is 3.32. The van der Waals surface area contributed by atoms with Crippen molar-refractivity contribution in [3.63, 3.8) is 0 Å². The molecule has 1 aromatic carbocycles. The molecule has 24 heavy (non-hydrogen) atoms. The van der Waals surface area contributed by atoms with Crippen LogP contribution in [0.4, 0.5) is 0 Å². The van der Waals surface area contributed by atoms with E-state index in [0.717, 1.165) is 12.8 Å². The van der Waals surface area contributed by atoms with E-state index in [2.05, 4.69) is 14.9 Å². The molecule has 0 spiro atoms. The summed E-state index contributed by atoms with van der Waals surface area (Å²) in [7, 11) is -3.61. The zero-order valence-electron chi connectivity index (χ0n) is 12.7. The summed E-state index contributed by atoms with van der Waals surface area (Å²) in [6.07, 6.45) is 1.69. The van der Waals surface area contributed by atoms with Gasteiger partial charge in [-0.2, -0.15) is 4.98 Å². The third kappa shape index (κ3) is 2.74. The van der Waals surface area contributed by atoms with E-state index in [1.165, 1.54) is 22.8 Å². The molecule has 1 N–H and O–H groups in total. The first kappa shape index (κ1) is 15.1. The highest BCUT2D eigenvalue weighted by Gasteiger charge is 2.28. The molecule has 3 aromatic rings. The first-order chi connectivity index (χ1) is 11.4. The number of fused-ring (bicyclic) bond motifs is 1. The van der Waals surface area contributed by atoms with Crippen LogP contribution in [0.25, 0.3) is 11.1 Å². The van der Waals surface area contributed by atoms with E-state index in [4.69, 9.17) is 8.94 Å². The summed E-state index contributed by atoms with van der Waals surface area (Å²) in [6, 6.07) is 4.33. The van der Waals surface area contributed by atoms with E-state index in [1.807, 2.05) is 0 Å². The molecule has 2 heterocycles. The topological polar surface area (TPSA) is 120 Å². The lowest BCUT2D eigenvalue weighted by atomic mass is 10.3. The van der Waals surface area contributed by atoms with Crippen LogP contribution in [-0.4, -0.2) is 29.2 Å². The Labute approximate surface area is 136 Å². The largest absolute Gasteiger partial charge is 0.420 e. The minimum atomic E-state index is -3.61. The van der Waals surface area contributed by atoms with Crippen molar-refractivity contribution < 1.29 is 17.4 Å². The van der Waals surface area contributed by atoms with Crippen LogP contribution < -0.4 is 10.5 Å². The van der Waals surface area contributed by atoms with Crippen molar-refractivity contribution >= 4 is 21.1 Å². The van der Waals surface area contributed by atoms with Crippen LogP contribution in [0.5, 0.6) is 0 Å². The van der Waals surface area contributed by atoms with Crippen LogP contribution in [0.3, 0.4) is 0 Å². The first-order valence-corrected chi connectivity index (χ1v) is 8.85. The van der Waals surface area contributed by atoms with Gasteiger partial charge in [-0.1, -0.05) is 5.16 Å². The van der Waals surface area contributed by atoms with Gasteiger partial charge in [-0.3, -0.25) is 4.57 Å². The molecule has 0 amide bonds. The Bertz CT molecular complexity index is 1070. The zero-order chi connectivity index (χ0) is 16.9. The fraction of sp³-hybridized carbons (Fsp3) is 0.357. The van der Waals surface area contributed by atoms with Gasteiger partial charge in [0.05, 0.1) is 17.0 Å². The molecule has 126 valence electrons. The second kappa shape index (κ2) is 5.28. The van der Waals surface area contributed by atoms with E-state index in [-0.39, 0.29) is 23.1 Å². The van der Waals surface area contributed by atoms with Crippen LogP contribution in [0.2, 0.25) is 0 Å². The predicted molar refractivity (Wildman–Crippen MR) is 82.0 cm³/mol. The third-order valence-electron chi connectivity index (χ3n) is 3.72. The average Bonchev–Trinajstić information content (AvgIpc) is 3.14. The maximum absolute atomic E-state index is 12.2. The summed E-state index contributed by atoms with van der Waals surface area (Å²) in [5.41, 5.74) is 0.659. The van der Waals surface area contributed by atoms with Crippen molar-refractivity contribution in [3.8, 4) is 0 Å². The molecule has 1 aliphatic rings. The SMILES string of the molecule is Cc1nc(Cn2c(=O)oc3cc(S(=O)(=O)NC4CC4)ccc32)no1. The third-order valence-corrected chi connectivity index (χ3v) is 5.24. The molecule has 0 saturated heterocycles. The number of aromatic nitrogens is 3. The summed E-state index contributed by atoms with van der Waals surface area (Å²) in [5.74, 6) is 0.118. The van der Waals surface area contributed by atoms with Crippen molar-refractivity contribution in [1.82, 2.24) is 19.4 Å². The fourth-order valence-corrected chi connectivity index (χ4v) is 3.72. The molecule has 1 fully saturated rings. The van der Waals surface area contributed by atoms with Crippen LogP contribution in [0.1, 0.15) is 24.6 Å². The molecule has 0 atom stereocenters. The van der Waals surface area contributed by atoms with Gasteiger partial charge in [-0.15, -0.1) is 0 Å². The van der Waals surface area contributed by atoms with Crippen LogP contribution in [-0.2, 0) is 16.6 Å². The van der Waals surface area contributed by atoms with Crippen LogP contribution >= 0.6 is 0 Å². The molecule has 0 unspecified atom stereocenters. The Balaban J connectivity index is 1.72. The Morgan fingerprint density at radius 3 is 2.83 bits per heavy atom. The maximum Gasteiger partial charge on any atom is 0.420 e. The van der Waals surface area contributed by atoms with E-state index in [0.29, 0.717) is 17.2 Å². The minimum absolute atomic E-state index is 0.00350. The highest BCUT2D eigenvalue weighted by Crippen LogP contribution is 2.24. The Morgan fingerprint density at radius 2 is 2.17 bits per heavy atom.